The van der Waals surface area contributed by atoms with Crippen molar-refractivity contribution in [1.82, 2.24) is 10.2 Å². The third kappa shape index (κ3) is 3.76. The molecule has 18 heavy (non-hydrogen) atoms. The number of hydrogen-bond acceptors (Lipinski definition) is 4. The highest BCUT2D eigenvalue weighted by Crippen LogP contribution is 2.11. The van der Waals surface area contributed by atoms with Crippen LogP contribution < -0.4 is 5.32 Å². The lowest BCUT2D eigenvalue weighted by Gasteiger charge is -2.31. The maximum absolute atomic E-state index is 12.0. The zero-order chi connectivity index (χ0) is 13.0. The summed E-state index contributed by atoms with van der Waals surface area (Å²) in [5.74, 6) is 1.42. The predicted octanol–water partition coefficient (Wildman–Crippen LogP) is -0.266. The first-order valence-electron chi connectivity index (χ1n) is 6.65. The van der Waals surface area contributed by atoms with Crippen molar-refractivity contribution in [2.75, 3.05) is 37.7 Å². The minimum absolute atomic E-state index is 0.0539. The van der Waals surface area contributed by atoms with Gasteiger partial charge >= 0.3 is 0 Å². The first-order valence-corrected chi connectivity index (χ1v) is 8.14. The first kappa shape index (κ1) is 14.0. The average Bonchev–Trinajstić information content (AvgIpc) is 2.89. The van der Waals surface area contributed by atoms with Crippen molar-refractivity contribution in [1.29, 1.82) is 0 Å². The monoisotopic (exact) mass is 274 g/mol. The molecule has 0 aromatic carbocycles. The minimum atomic E-state index is -0.690. The highest BCUT2D eigenvalue weighted by atomic mass is 32.2. The van der Waals surface area contributed by atoms with Crippen molar-refractivity contribution >= 4 is 16.7 Å². The zero-order valence-electron chi connectivity index (χ0n) is 10.9. The molecule has 2 saturated heterocycles. The van der Waals surface area contributed by atoms with Crippen molar-refractivity contribution < 1.29 is 13.7 Å². The summed E-state index contributed by atoms with van der Waals surface area (Å²) in [5, 5.41) is 2.95. The minimum Gasteiger partial charge on any atom is -0.376 e. The van der Waals surface area contributed by atoms with Crippen LogP contribution in [-0.4, -0.2) is 64.9 Å². The molecule has 0 aliphatic carbocycles. The van der Waals surface area contributed by atoms with Crippen LogP contribution in [0.2, 0.25) is 0 Å². The third-order valence-corrected chi connectivity index (χ3v) is 4.94. The smallest absolute Gasteiger partial charge is 0.237 e. The van der Waals surface area contributed by atoms with Crippen LogP contribution in [0.15, 0.2) is 0 Å². The van der Waals surface area contributed by atoms with Gasteiger partial charge in [0.25, 0.3) is 0 Å². The second kappa shape index (κ2) is 6.63. The molecule has 0 spiro atoms. The zero-order valence-corrected chi connectivity index (χ0v) is 11.7. The molecule has 0 radical (unpaired) electrons. The maximum atomic E-state index is 12.0. The Kier molecular flexibility index (Phi) is 5.14. The van der Waals surface area contributed by atoms with E-state index >= 15 is 0 Å². The van der Waals surface area contributed by atoms with Gasteiger partial charge in [0, 0.05) is 48.5 Å². The summed E-state index contributed by atoms with van der Waals surface area (Å²) in [6, 6.07) is -0.135. The maximum Gasteiger partial charge on any atom is 0.237 e. The Morgan fingerprint density at radius 3 is 2.83 bits per heavy atom. The van der Waals surface area contributed by atoms with E-state index in [1.54, 1.807) is 0 Å². The molecule has 2 fully saturated rings. The summed E-state index contributed by atoms with van der Waals surface area (Å²) in [7, 11) is -0.690. The van der Waals surface area contributed by atoms with Gasteiger partial charge in [-0.3, -0.25) is 13.9 Å². The van der Waals surface area contributed by atoms with Gasteiger partial charge in [-0.05, 0) is 19.8 Å². The van der Waals surface area contributed by atoms with Crippen molar-refractivity contribution in [2.24, 2.45) is 0 Å². The third-order valence-electron chi connectivity index (χ3n) is 3.67. The van der Waals surface area contributed by atoms with Crippen LogP contribution in [0.4, 0.5) is 0 Å². The number of carbonyl (C=O) groups is 1. The fraction of sp³-hybridized carbons (Fsp3) is 0.917. The Balaban J connectivity index is 1.72. The summed E-state index contributed by atoms with van der Waals surface area (Å²) >= 11 is 0. The van der Waals surface area contributed by atoms with Crippen molar-refractivity contribution in [3.05, 3.63) is 0 Å². The van der Waals surface area contributed by atoms with E-state index in [1.807, 2.05) is 6.92 Å². The standard InChI is InChI=1S/C12H22N2O3S/c1-10(14-4-7-18(16)8-5-14)12(15)13-9-11-3-2-6-17-11/h10-11H,2-9H2,1H3,(H,13,15). The Morgan fingerprint density at radius 1 is 1.50 bits per heavy atom. The Hall–Kier alpha value is -0.460. The second-order valence-corrected chi connectivity index (χ2v) is 6.64. The summed E-state index contributed by atoms with van der Waals surface area (Å²) < 4.78 is 16.7. The molecule has 6 heteroatoms. The van der Waals surface area contributed by atoms with Gasteiger partial charge in [0.05, 0.1) is 12.1 Å². The fourth-order valence-electron chi connectivity index (χ4n) is 2.37. The van der Waals surface area contributed by atoms with E-state index in [2.05, 4.69) is 10.2 Å². The van der Waals surface area contributed by atoms with Crippen molar-refractivity contribution in [3.63, 3.8) is 0 Å². The Morgan fingerprint density at radius 2 is 2.22 bits per heavy atom. The molecule has 5 nitrogen and oxygen atoms in total. The topological polar surface area (TPSA) is 58.6 Å². The van der Waals surface area contributed by atoms with Crippen molar-refractivity contribution in [2.45, 2.75) is 31.9 Å². The Labute approximate surface area is 111 Å². The largest absolute Gasteiger partial charge is 0.376 e. The van der Waals surface area contributed by atoms with Crippen LogP contribution in [0.25, 0.3) is 0 Å². The molecule has 2 atom stereocenters. The van der Waals surface area contributed by atoms with E-state index in [0.717, 1.165) is 32.5 Å². The quantitative estimate of drug-likeness (QED) is 0.767. The predicted molar refractivity (Wildman–Crippen MR) is 70.9 cm³/mol. The van der Waals surface area contributed by atoms with Crippen LogP contribution in [0, 0.1) is 0 Å². The van der Waals surface area contributed by atoms with Crippen molar-refractivity contribution in [3.8, 4) is 0 Å². The molecule has 2 heterocycles. The van der Waals surface area contributed by atoms with E-state index in [-0.39, 0.29) is 18.1 Å². The average molecular weight is 274 g/mol. The molecule has 1 amide bonds. The highest BCUT2D eigenvalue weighted by molar-refractivity contribution is 7.85. The molecular weight excluding hydrogens is 252 g/mol. The number of nitrogens with zero attached hydrogens (tertiary/aromatic N) is 1. The van der Waals surface area contributed by atoms with Gasteiger partial charge in [-0.1, -0.05) is 0 Å². The number of hydrogen-bond donors (Lipinski definition) is 1. The number of nitrogens with one attached hydrogen (secondary N) is 1. The molecule has 0 saturated carbocycles. The number of rotatable bonds is 4. The Bertz CT molecular complexity index is 308. The molecule has 0 aromatic heterocycles. The van der Waals surface area contributed by atoms with Gasteiger partial charge in [0.2, 0.25) is 5.91 Å². The molecule has 2 aliphatic heterocycles. The highest BCUT2D eigenvalue weighted by Gasteiger charge is 2.25. The van der Waals surface area contributed by atoms with E-state index < -0.39 is 10.8 Å². The van der Waals surface area contributed by atoms with Crippen LogP contribution in [0.3, 0.4) is 0 Å². The van der Waals surface area contributed by atoms with Crippen LogP contribution >= 0.6 is 0 Å². The lowest BCUT2D eigenvalue weighted by molar-refractivity contribution is -0.126. The molecule has 0 bridgehead atoms. The van der Waals surface area contributed by atoms with Crippen LogP contribution in [0.5, 0.6) is 0 Å². The molecular formula is C12H22N2O3S. The van der Waals surface area contributed by atoms with Gasteiger partial charge in [-0.2, -0.15) is 0 Å². The number of amides is 1. The summed E-state index contributed by atoms with van der Waals surface area (Å²) in [5.41, 5.74) is 0. The molecule has 1 N–H and O–H groups in total. The molecule has 2 aliphatic rings. The van der Waals surface area contributed by atoms with E-state index in [4.69, 9.17) is 4.74 Å². The van der Waals surface area contributed by atoms with Gasteiger partial charge in [-0.25, -0.2) is 0 Å². The lowest BCUT2D eigenvalue weighted by Crippen LogP contribution is -2.51. The van der Waals surface area contributed by atoms with Gasteiger partial charge in [0.1, 0.15) is 0 Å². The summed E-state index contributed by atoms with van der Waals surface area (Å²) in [6.07, 6.45) is 2.32. The fourth-order valence-corrected chi connectivity index (χ4v) is 3.45. The number of carbonyl (C=O) groups excluding carboxylic acids is 1. The van der Waals surface area contributed by atoms with Crippen LogP contribution in [-0.2, 0) is 20.3 Å². The van der Waals surface area contributed by atoms with Gasteiger partial charge < -0.3 is 10.1 Å². The molecule has 104 valence electrons. The van der Waals surface area contributed by atoms with Gasteiger partial charge in [-0.15, -0.1) is 0 Å². The van der Waals surface area contributed by atoms with E-state index in [9.17, 15) is 9.00 Å². The van der Waals surface area contributed by atoms with E-state index in [0.29, 0.717) is 18.1 Å². The molecule has 2 rings (SSSR count). The SMILES string of the molecule is CC(C(=O)NCC1CCCO1)N1CCS(=O)CC1. The molecule has 2 unspecified atom stereocenters. The van der Waals surface area contributed by atoms with Gasteiger partial charge in [0.15, 0.2) is 0 Å². The normalized spacial score (nSPS) is 28.2. The molecule has 0 aromatic rings. The summed E-state index contributed by atoms with van der Waals surface area (Å²) in [6.45, 7) is 4.85. The van der Waals surface area contributed by atoms with E-state index in [1.165, 1.54) is 0 Å². The first-order chi connectivity index (χ1) is 8.66. The summed E-state index contributed by atoms with van der Waals surface area (Å²) in [4.78, 5) is 14.1. The van der Waals surface area contributed by atoms with Crippen LogP contribution in [0.1, 0.15) is 19.8 Å². The lowest BCUT2D eigenvalue weighted by atomic mass is 10.2. The number of ether oxygens (including phenoxy) is 1. The second-order valence-electron chi connectivity index (χ2n) is 4.94.